The molecule has 0 saturated heterocycles. The maximum atomic E-state index is 13.0. The van der Waals surface area contributed by atoms with Gasteiger partial charge < -0.3 is 14.6 Å². The maximum Gasteiger partial charge on any atom is 0.267 e. The highest BCUT2D eigenvalue weighted by molar-refractivity contribution is 6.35. The van der Waals surface area contributed by atoms with Gasteiger partial charge in [-0.25, -0.2) is 4.39 Å². The van der Waals surface area contributed by atoms with Gasteiger partial charge in [-0.2, -0.15) is 4.98 Å². The van der Waals surface area contributed by atoms with Crippen LogP contribution in [-0.4, -0.2) is 20.2 Å². The summed E-state index contributed by atoms with van der Waals surface area (Å²) >= 11 is 6.03. The zero-order valence-corrected chi connectivity index (χ0v) is 13.2. The fraction of sp³-hybridized carbons (Fsp3) is 0. The molecule has 8 heteroatoms. The summed E-state index contributed by atoms with van der Waals surface area (Å²) in [4.78, 5) is 19.1. The first-order valence-corrected chi connectivity index (χ1v) is 7.56. The van der Waals surface area contributed by atoms with E-state index in [2.05, 4.69) is 15.1 Å². The Morgan fingerprint density at radius 3 is 2.68 bits per heavy atom. The molecule has 2 aromatic heterocycles. The standard InChI is InChI=1S/C17H9ClFN3O3/c18-11-3-1-2-10-13(11)20-16(24)12(14(10)23)17-21-15(22-25-17)8-4-6-9(19)7-5-8/h1-7H,(H2,20,23,24). The smallest absolute Gasteiger partial charge is 0.267 e. The number of fused-ring (bicyclic) bond motifs is 1. The summed E-state index contributed by atoms with van der Waals surface area (Å²) in [6.07, 6.45) is 0. The molecular weight excluding hydrogens is 349 g/mol. The van der Waals surface area contributed by atoms with Crippen molar-refractivity contribution in [3.8, 4) is 28.6 Å². The van der Waals surface area contributed by atoms with Gasteiger partial charge >= 0.3 is 0 Å². The number of hydrogen-bond donors (Lipinski definition) is 2. The first-order chi connectivity index (χ1) is 12.0. The van der Waals surface area contributed by atoms with Crippen molar-refractivity contribution < 1.29 is 14.0 Å². The highest BCUT2D eigenvalue weighted by Gasteiger charge is 2.21. The third kappa shape index (κ3) is 2.54. The highest BCUT2D eigenvalue weighted by Crippen LogP contribution is 2.34. The fourth-order valence-electron chi connectivity index (χ4n) is 2.51. The molecule has 0 atom stereocenters. The molecule has 0 saturated carbocycles. The van der Waals surface area contributed by atoms with E-state index in [1.165, 1.54) is 24.3 Å². The quantitative estimate of drug-likeness (QED) is 0.570. The van der Waals surface area contributed by atoms with E-state index in [0.717, 1.165) is 0 Å². The summed E-state index contributed by atoms with van der Waals surface area (Å²) in [6, 6.07) is 10.3. The number of aromatic hydroxyl groups is 1. The monoisotopic (exact) mass is 357 g/mol. The molecule has 0 amide bonds. The summed E-state index contributed by atoms with van der Waals surface area (Å²) in [5.74, 6) is -0.691. The molecule has 6 nitrogen and oxygen atoms in total. The van der Waals surface area contributed by atoms with Gasteiger partial charge in [-0.3, -0.25) is 4.79 Å². The molecule has 0 spiro atoms. The molecule has 0 aliphatic carbocycles. The number of aromatic amines is 1. The number of benzene rings is 2. The van der Waals surface area contributed by atoms with Crippen molar-refractivity contribution in [1.29, 1.82) is 0 Å². The van der Waals surface area contributed by atoms with Crippen molar-refractivity contribution in [2.45, 2.75) is 0 Å². The fourth-order valence-corrected chi connectivity index (χ4v) is 2.73. The normalized spacial score (nSPS) is 11.1. The van der Waals surface area contributed by atoms with Crippen LogP contribution in [-0.2, 0) is 0 Å². The molecule has 2 aromatic carbocycles. The van der Waals surface area contributed by atoms with Crippen molar-refractivity contribution >= 4 is 22.5 Å². The summed E-state index contributed by atoms with van der Waals surface area (Å²) in [5, 5.41) is 14.9. The Hall–Kier alpha value is -3.19. The van der Waals surface area contributed by atoms with Crippen LogP contribution in [0.15, 0.2) is 51.8 Å². The predicted octanol–water partition coefficient (Wildman–Crippen LogP) is 3.74. The molecule has 0 radical (unpaired) electrons. The van der Waals surface area contributed by atoms with Crippen molar-refractivity contribution in [2.24, 2.45) is 0 Å². The molecule has 2 N–H and O–H groups in total. The van der Waals surface area contributed by atoms with E-state index in [4.69, 9.17) is 16.1 Å². The highest BCUT2D eigenvalue weighted by atomic mass is 35.5. The first kappa shape index (κ1) is 15.3. The van der Waals surface area contributed by atoms with E-state index in [1.54, 1.807) is 18.2 Å². The Morgan fingerprint density at radius 2 is 1.92 bits per heavy atom. The van der Waals surface area contributed by atoms with E-state index in [1.807, 2.05) is 0 Å². The molecule has 0 fully saturated rings. The SMILES string of the molecule is O=c1[nH]c2c(Cl)cccc2c(O)c1-c1nc(-c2ccc(F)cc2)no1. The lowest BCUT2D eigenvalue weighted by Gasteiger charge is -2.05. The van der Waals surface area contributed by atoms with Crippen LogP contribution in [0.2, 0.25) is 5.02 Å². The van der Waals surface area contributed by atoms with Crippen molar-refractivity contribution in [1.82, 2.24) is 15.1 Å². The minimum absolute atomic E-state index is 0.153. The number of nitrogens with one attached hydrogen (secondary N) is 1. The third-order valence-corrected chi connectivity index (χ3v) is 4.03. The molecule has 124 valence electrons. The van der Waals surface area contributed by atoms with Crippen LogP contribution in [0.25, 0.3) is 33.7 Å². The lowest BCUT2D eigenvalue weighted by atomic mass is 10.1. The number of rotatable bonds is 2. The van der Waals surface area contributed by atoms with Crippen LogP contribution in [0.5, 0.6) is 5.75 Å². The lowest BCUT2D eigenvalue weighted by molar-refractivity contribution is 0.426. The van der Waals surface area contributed by atoms with E-state index in [-0.39, 0.29) is 23.0 Å². The Bertz CT molecular complexity index is 1150. The minimum atomic E-state index is -0.618. The molecule has 0 aliphatic heterocycles. The van der Waals surface area contributed by atoms with Gasteiger partial charge in [-0.15, -0.1) is 0 Å². The number of pyridine rings is 1. The molecule has 4 aromatic rings. The predicted molar refractivity (Wildman–Crippen MR) is 89.9 cm³/mol. The van der Waals surface area contributed by atoms with Gasteiger partial charge in [0.25, 0.3) is 11.4 Å². The molecule has 25 heavy (non-hydrogen) atoms. The van der Waals surface area contributed by atoms with Crippen molar-refractivity contribution in [3.05, 3.63) is 63.7 Å². The van der Waals surface area contributed by atoms with Gasteiger partial charge in [0.15, 0.2) is 0 Å². The average molecular weight is 358 g/mol. The zero-order valence-electron chi connectivity index (χ0n) is 12.5. The van der Waals surface area contributed by atoms with Gasteiger partial charge in [0.1, 0.15) is 17.1 Å². The second kappa shape index (κ2) is 5.71. The second-order valence-electron chi connectivity index (χ2n) is 5.27. The van der Waals surface area contributed by atoms with Crippen LogP contribution in [0, 0.1) is 5.82 Å². The zero-order chi connectivity index (χ0) is 17.6. The summed E-state index contributed by atoms with van der Waals surface area (Å²) < 4.78 is 18.1. The van der Waals surface area contributed by atoms with E-state index >= 15 is 0 Å². The summed E-state index contributed by atoms with van der Waals surface area (Å²) in [5.41, 5.74) is 0.0490. The first-order valence-electron chi connectivity index (χ1n) is 7.18. The summed E-state index contributed by atoms with van der Waals surface area (Å²) in [7, 11) is 0. The molecule has 4 rings (SSSR count). The van der Waals surface area contributed by atoms with Crippen molar-refractivity contribution in [2.75, 3.05) is 0 Å². The molecular formula is C17H9ClFN3O3. The van der Waals surface area contributed by atoms with Gasteiger partial charge in [0.05, 0.1) is 10.5 Å². The van der Waals surface area contributed by atoms with Gasteiger partial charge in [-0.05, 0) is 36.4 Å². The Balaban J connectivity index is 1.88. The maximum absolute atomic E-state index is 13.0. The van der Waals surface area contributed by atoms with Crippen LogP contribution in [0.1, 0.15) is 0 Å². The number of para-hydroxylation sites is 1. The Labute approximate surface area is 144 Å². The van der Waals surface area contributed by atoms with E-state index in [9.17, 15) is 14.3 Å². The van der Waals surface area contributed by atoms with E-state index in [0.29, 0.717) is 21.5 Å². The summed E-state index contributed by atoms with van der Waals surface area (Å²) in [6.45, 7) is 0. The van der Waals surface area contributed by atoms with Crippen LogP contribution < -0.4 is 5.56 Å². The van der Waals surface area contributed by atoms with Gasteiger partial charge in [0, 0.05) is 10.9 Å². The molecule has 0 unspecified atom stereocenters. The number of hydrogen-bond acceptors (Lipinski definition) is 5. The third-order valence-electron chi connectivity index (χ3n) is 3.71. The topological polar surface area (TPSA) is 92.0 Å². The lowest BCUT2D eigenvalue weighted by Crippen LogP contribution is -2.09. The van der Waals surface area contributed by atoms with Gasteiger partial charge in [0.2, 0.25) is 5.82 Å². The van der Waals surface area contributed by atoms with Gasteiger partial charge in [-0.1, -0.05) is 22.8 Å². The Kier molecular flexibility index (Phi) is 3.51. The number of nitrogens with zero attached hydrogens (tertiary/aromatic N) is 2. The molecule has 2 heterocycles. The van der Waals surface area contributed by atoms with Crippen LogP contribution >= 0.6 is 11.6 Å². The number of aromatic nitrogens is 3. The van der Waals surface area contributed by atoms with Crippen molar-refractivity contribution in [3.63, 3.8) is 0 Å². The van der Waals surface area contributed by atoms with E-state index < -0.39 is 11.4 Å². The molecule has 0 aliphatic rings. The van der Waals surface area contributed by atoms with Crippen LogP contribution in [0.4, 0.5) is 4.39 Å². The molecule has 0 bridgehead atoms. The average Bonchev–Trinajstić information content (AvgIpc) is 3.06. The number of halogens is 2. The minimum Gasteiger partial charge on any atom is -0.506 e. The number of H-pyrrole nitrogens is 1. The van der Waals surface area contributed by atoms with Crippen LogP contribution in [0.3, 0.4) is 0 Å². The second-order valence-corrected chi connectivity index (χ2v) is 5.68. The largest absolute Gasteiger partial charge is 0.506 e. The Morgan fingerprint density at radius 1 is 1.16 bits per heavy atom.